The molecule has 0 atom stereocenters. The van der Waals surface area contributed by atoms with Gasteiger partial charge in [0.15, 0.2) is 11.6 Å². The van der Waals surface area contributed by atoms with E-state index >= 15 is 0 Å². The van der Waals surface area contributed by atoms with Crippen LogP contribution in [0, 0.1) is 32.9 Å². The summed E-state index contributed by atoms with van der Waals surface area (Å²) >= 11 is 0. The van der Waals surface area contributed by atoms with Crippen LogP contribution in [0.3, 0.4) is 0 Å². The van der Waals surface area contributed by atoms with Crippen LogP contribution >= 0.6 is 0 Å². The summed E-state index contributed by atoms with van der Waals surface area (Å²) < 4.78 is 0. The van der Waals surface area contributed by atoms with Crippen molar-refractivity contribution in [2.24, 2.45) is 0 Å². The van der Waals surface area contributed by atoms with E-state index in [1.54, 1.807) is 0 Å². The minimum atomic E-state index is -0.941. The summed E-state index contributed by atoms with van der Waals surface area (Å²) in [6, 6.07) is 1.46. The molecule has 0 N–H and O–H groups in total. The number of rotatable bonds is 2. The molecule has 0 spiro atoms. The maximum absolute atomic E-state index is 9.68. The van der Waals surface area contributed by atoms with Crippen LogP contribution in [0.4, 0.5) is 0 Å². The second-order valence-electron chi connectivity index (χ2n) is 1.05. The molecule has 0 amide bonds. The Hall–Kier alpha value is -1.82. The molecule has 9 heavy (non-hydrogen) atoms. The molecule has 0 aromatic carbocycles. The molecule has 0 rings (SSSR count). The van der Waals surface area contributed by atoms with Crippen molar-refractivity contribution < 1.29 is 5.03 Å². The van der Waals surface area contributed by atoms with Crippen molar-refractivity contribution in [3.05, 3.63) is 10.1 Å². The molecule has 0 unspecified atom stereocenters. The highest BCUT2D eigenvalue weighted by atomic mass is 16.7. The molecule has 0 aromatic rings. The van der Waals surface area contributed by atoms with Crippen LogP contribution in [0.2, 0.25) is 0 Å². The first kappa shape index (κ1) is 7.18. The van der Waals surface area contributed by atoms with Gasteiger partial charge in [-0.05, 0) is 5.01 Å². The average Bonchev–Trinajstić information content (AvgIpc) is 1.82. The number of hydrogen-bond donors (Lipinski definition) is 0. The molecule has 0 aromatic heterocycles. The monoisotopic (exact) mass is 126 g/mol. The lowest BCUT2D eigenvalue weighted by Crippen LogP contribution is -2.24. The van der Waals surface area contributed by atoms with Crippen molar-refractivity contribution in [1.29, 1.82) is 10.5 Å². The first-order valence-electron chi connectivity index (χ1n) is 1.91. The molecule has 0 aliphatic rings. The van der Waals surface area contributed by atoms with Crippen LogP contribution in [0.15, 0.2) is 0 Å². The Morgan fingerprint density at radius 1 is 1.67 bits per heavy atom. The number of nitro groups is 1. The van der Waals surface area contributed by atoms with E-state index in [-0.39, 0.29) is 5.01 Å². The van der Waals surface area contributed by atoms with Gasteiger partial charge in [0.2, 0.25) is 6.19 Å². The van der Waals surface area contributed by atoms with E-state index in [1.165, 1.54) is 12.3 Å². The minimum absolute atomic E-state index is 0.139. The van der Waals surface area contributed by atoms with Crippen molar-refractivity contribution >= 4 is 0 Å². The van der Waals surface area contributed by atoms with E-state index in [4.69, 9.17) is 10.5 Å². The first-order valence-corrected chi connectivity index (χ1v) is 1.91. The van der Waals surface area contributed by atoms with E-state index in [0.29, 0.717) is 0 Å². The topological polar surface area (TPSA) is 94.0 Å². The molecule has 0 radical (unpaired) electrons. The Balaban J connectivity index is 3.91. The van der Waals surface area contributed by atoms with Gasteiger partial charge in [-0.15, -0.1) is 0 Å². The van der Waals surface area contributed by atoms with Crippen LogP contribution in [-0.2, 0) is 0 Å². The van der Waals surface area contributed by atoms with E-state index in [9.17, 15) is 10.1 Å². The molecular weight excluding hydrogens is 124 g/mol. The molecule has 0 saturated heterocycles. The van der Waals surface area contributed by atoms with E-state index in [1.807, 2.05) is 0 Å². The molecule has 0 aliphatic heterocycles. The quantitative estimate of drug-likeness (QED) is 0.163. The first-order chi connectivity index (χ1) is 4.22. The summed E-state index contributed by atoms with van der Waals surface area (Å²) in [4.78, 5) is 9.68. The number of hydrogen-bond acceptors (Lipinski definition) is 4. The van der Waals surface area contributed by atoms with Crippen LogP contribution in [0.1, 0.15) is 0 Å². The number of nitrogens with zero attached hydrogens (tertiary/aromatic N) is 4. The normalized spacial score (nSPS) is 6.89. The SMILES string of the molecule is N#CCN(C#N)[N+](=O)[O-]. The van der Waals surface area contributed by atoms with Gasteiger partial charge in [-0.25, -0.2) is 10.1 Å². The van der Waals surface area contributed by atoms with E-state index in [0.717, 1.165) is 0 Å². The van der Waals surface area contributed by atoms with Crippen molar-refractivity contribution in [3.8, 4) is 12.3 Å². The molecule has 0 heterocycles. The fourth-order valence-electron chi connectivity index (χ4n) is 0.197. The summed E-state index contributed by atoms with van der Waals surface area (Å²) in [5, 5.41) is 24.7. The fourth-order valence-corrected chi connectivity index (χ4v) is 0.197. The van der Waals surface area contributed by atoms with Crippen molar-refractivity contribution in [1.82, 2.24) is 5.01 Å². The van der Waals surface area contributed by atoms with Crippen LogP contribution < -0.4 is 0 Å². The average molecular weight is 126 g/mol. The Morgan fingerprint density at radius 2 is 2.22 bits per heavy atom. The third-order valence-electron chi connectivity index (χ3n) is 0.533. The smallest absolute Gasteiger partial charge is 0.234 e. The van der Waals surface area contributed by atoms with Gasteiger partial charge < -0.3 is 0 Å². The van der Waals surface area contributed by atoms with Crippen LogP contribution in [0.25, 0.3) is 0 Å². The third-order valence-corrected chi connectivity index (χ3v) is 0.533. The molecule has 6 heteroatoms. The molecule has 0 aliphatic carbocycles. The third kappa shape index (κ3) is 2.09. The molecule has 46 valence electrons. The Bertz CT molecular complexity index is 187. The summed E-state index contributed by atoms with van der Waals surface area (Å²) in [7, 11) is 0. The fraction of sp³-hybridized carbons (Fsp3) is 0.333. The zero-order chi connectivity index (χ0) is 7.28. The predicted octanol–water partition coefficient (Wildman–Crippen LogP) is -0.515. The summed E-state index contributed by atoms with van der Waals surface area (Å²) in [6.45, 7) is -0.510. The minimum Gasteiger partial charge on any atom is -0.234 e. The van der Waals surface area contributed by atoms with Gasteiger partial charge in [-0.1, -0.05) is 0 Å². The van der Waals surface area contributed by atoms with Gasteiger partial charge in [0, 0.05) is 0 Å². The lowest BCUT2D eigenvalue weighted by Gasteiger charge is -1.94. The predicted molar refractivity (Wildman–Crippen MR) is 24.9 cm³/mol. The zero-order valence-electron chi connectivity index (χ0n) is 4.31. The summed E-state index contributed by atoms with van der Waals surface area (Å²) in [6.07, 6.45) is 1.21. The van der Waals surface area contributed by atoms with Gasteiger partial charge in [0.1, 0.15) is 0 Å². The Kier molecular flexibility index (Phi) is 2.57. The standard InChI is InChI=1S/C3H2N4O2/c4-1-2-6(3-5)7(8)9/h2H2. The van der Waals surface area contributed by atoms with Gasteiger partial charge in [0.05, 0.1) is 6.07 Å². The van der Waals surface area contributed by atoms with Gasteiger partial charge in [0.25, 0.3) is 0 Å². The highest BCUT2D eigenvalue weighted by molar-refractivity contribution is 4.78. The lowest BCUT2D eigenvalue weighted by atomic mass is 10.7. The van der Waals surface area contributed by atoms with Crippen molar-refractivity contribution in [2.45, 2.75) is 0 Å². The molecule has 0 bridgehead atoms. The highest BCUT2D eigenvalue weighted by Gasteiger charge is 2.10. The maximum Gasteiger partial charge on any atom is 0.246 e. The lowest BCUT2D eigenvalue weighted by molar-refractivity contribution is -0.633. The summed E-state index contributed by atoms with van der Waals surface area (Å²) in [5.41, 5.74) is 0. The second-order valence-corrected chi connectivity index (χ2v) is 1.05. The molecule has 0 saturated carbocycles. The molecule has 6 nitrogen and oxygen atoms in total. The van der Waals surface area contributed by atoms with Crippen LogP contribution in [-0.4, -0.2) is 16.6 Å². The van der Waals surface area contributed by atoms with Gasteiger partial charge in [-0.2, -0.15) is 10.5 Å². The largest absolute Gasteiger partial charge is 0.246 e. The van der Waals surface area contributed by atoms with E-state index < -0.39 is 11.6 Å². The number of nitriles is 2. The summed E-state index contributed by atoms with van der Waals surface area (Å²) in [5.74, 6) is 0. The number of hydrazine groups is 1. The molecule has 0 fully saturated rings. The Morgan fingerprint density at radius 3 is 2.33 bits per heavy atom. The van der Waals surface area contributed by atoms with E-state index in [2.05, 4.69) is 0 Å². The molecular formula is C3H2N4O2. The van der Waals surface area contributed by atoms with Crippen molar-refractivity contribution in [3.63, 3.8) is 0 Å². The maximum atomic E-state index is 9.68. The van der Waals surface area contributed by atoms with Crippen molar-refractivity contribution in [2.75, 3.05) is 6.54 Å². The highest BCUT2D eigenvalue weighted by Crippen LogP contribution is 1.80. The zero-order valence-corrected chi connectivity index (χ0v) is 4.31. The van der Waals surface area contributed by atoms with Gasteiger partial charge in [-0.3, -0.25) is 0 Å². The van der Waals surface area contributed by atoms with Crippen LogP contribution in [0.5, 0.6) is 0 Å². The second kappa shape index (κ2) is 3.22. The Labute approximate surface area is 50.6 Å². The van der Waals surface area contributed by atoms with Gasteiger partial charge >= 0.3 is 0 Å².